The summed E-state index contributed by atoms with van der Waals surface area (Å²) < 4.78 is 0. The first kappa shape index (κ1) is 51.0. The number of benzene rings is 10. The fraction of sp³-hybridized carbons (Fsp3) is 0.250. The van der Waals surface area contributed by atoms with Crippen LogP contribution in [0.2, 0.25) is 0 Å². The van der Waals surface area contributed by atoms with E-state index in [1.807, 2.05) is 38.1 Å². The second kappa shape index (κ2) is 22.9. The van der Waals surface area contributed by atoms with Crippen LogP contribution in [-0.2, 0) is 12.8 Å². The maximum absolute atomic E-state index is 12.8. The highest BCUT2D eigenvalue weighted by atomic mass is 16.4. The smallest absolute Gasteiger partial charge is 0.337 e. The van der Waals surface area contributed by atoms with Gasteiger partial charge in [-0.25, -0.2) is 9.59 Å². The average molecular weight is 991 g/mol. The zero-order valence-corrected chi connectivity index (χ0v) is 44.2. The lowest BCUT2D eigenvalue weighted by atomic mass is 9.89. The van der Waals surface area contributed by atoms with Crippen molar-refractivity contribution in [2.24, 2.45) is 0 Å². The number of hydrogen-bond acceptors (Lipinski definition) is 2. The normalized spacial score (nSPS) is 11.2. The maximum Gasteiger partial charge on any atom is 0.337 e. The molecule has 374 valence electrons. The topological polar surface area (TPSA) is 74.6 Å². The van der Waals surface area contributed by atoms with Gasteiger partial charge < -0.3 is 10.2 Å². The van der Waals surface area contributed by atoms with Crippen LogP contribution in [-0.4, -0.2) is 22.2 Å². The Bertz CT molecular complexity index is 3870. The van der Waals surface area contributed by atoms with Crippen molar-refractivity contribution in [3.63, 3.8) is 0 Å². The Labute approximate surface area is 447 Å². The first-order valence-corrected chi connectivity index (χ1v) is 27.3. The minimum Gasteiger partial charge on any atom is -0.478 e. The molecule has 76 heavy (non-hydrogen) atoms. The fourth-order valence-corrected chi connectivity index (χ4v) is 11.4. The van der Waals surface area contributed by atoms with E-state index in [1.165, 1.54) is 131 Å². The lowest BCUT2D eigenvalue weighted by Gasteiger charge is -2.15. The highest BCUT2D eigenvalue weighted by molar-refractivity contribution is 6.25. The molecule has 0 fully saturated rings. The molecule has 0 aliphatic rings. The molecule has 0 heterocycles. The Morgan fingerprint density at radius 2 is 0.697 bits per heavy atom. The van der Waals surface area contributed by atoms with Crippen LogP contribution in [0.15, 0.2) is 121 Å². The summed E-state index contributed by atoms with van der Waals surface area (Å²) in [6.45, 7) is 8.20. The molecule has 10 aromatic carbocycles. The molecule has 0 saturated heterocycles. The Kier molecular flexibility index (Phi) is 15.4. The Morgan fingerprint density at radius 1 is 0.368 bits per heavy atom. The second-order valence-electron chi connectivity index (χ2n) is 20.6. The number of unbranched alkanes of at least 4 members (excludes halogenated alkanes) is 10. The SMILES string of the molecule is CCCCCCCCc1ccc2ccc3c(C#Cc4cc(C)cc(C(=O)O)c4C#CC#Cc4c(C#Cc5ccc6ccc7c(CCCCCCCC)ccc8ccc5c6c87)cc(C)cc4C(=O)O)ccc4ccc1c2c43. The largest absolute Gasteiger partial charge is 0.478 e. The summed E-state index contributed by atoms with van der Waals surface area (Å²) in [4.78, 5) is 25.6. The molecule has 4 heteroatoms. The molecule has 0 atom stereocenters. The van der Waals surface area contributed by atoms with Crippen LogP contribution < -0.4 is 0 Å². The fourth-order valence-electron chi connectivity index (χ4n) is 11.4. The van der Waals surface area contributed by atoms with Crippen LogP contribution in [0.1, 0.15) is 167 Å². The summed E-state index contributed by atoms with van der Waals surface area (Å²) in [6, 6.07) is 41.9. The number of aromatic carboxylic acids is 2. The van der Waals surface area contributed by atoms with E-state index in [2.05, 4.69) is 146 Å². The molecule has 0 saturated carbocycles. The molecule has 0 aromatic heterocycles. The molecule has 4 nitrogen and oxygen atoms in total. The molecule has 10 aromatic rings. The number of carboxylic acids is 2. The van der Waals surface area contributed by atoms with Crippen LogP contribution >= 0.6 is 0 Å². The molecule has 0 unspecified atom stereocenters. The predicted molar refractivity (Wildman–Crippen MR) is 316 cm³/mol. The number of hydrogen-bond donors (Lipinski definition) is 2. The number of rotatable bonds is 16. The number of aryl methyl sites for hydroxylation is 4. The van der Waals surface area contributed by atoms with E-state index in [0.29, 0.717) is 11.1 Å². The Hall–Kier alpha value is -8.54. The summed E-state index contributed by atoms with van der Waals surface area (Å²) in [5, 5.41) is 35.1. The molecule has 0 aliphatic carbocycles. The van der Waals surface area contributed by atoms with Gasteiger partial charge in [0.2, 0.25) is 0 Å². The van der Waals surface area contributed by atoms with Crippen LogP contribution in [0.3, 0.4) is 0 Å². The van der Waals surface area contributed by atoms with Crippen molar-refractivity contribution in [3.8, 4) is 47.4 Å². The van der Waals surface area contributed by atoms with E-state index >= 15 is 0 Å². The molecule has 0 amide bonds. The van der Waals surface area contributed by atoms with Crippen LogP contribution in [0.5, 0.6) is 0 Å². The summed E-state index contributed by atoms with van der Waals surface area (Å²) in [5.74, 6) is 23.0. The standard InChI is InChI=1S/C72H62O4/c1-5-7-9-11-13-15-19-49-23-29-53-37-41-63-51(25-31-55-35-39-61(49)67(53)69(55)63)27-33-57-43-47(3)45-65(71(73)74)59(57)21-17-18-22-60-58(44-48(4)46-66(60)72(75)76)34-28-52-26-32-56-36-40-62-50(20-16-14-12-10-8-6-2)24-30-54-38-42-64(52)70(56)68(54)62/h23-26,29-32,35-46H,5-16,19-20H2,1-4H3,(H,73,74)(H,75,76). The van der Waals surface area contributed by atoms with Crippen molar-refractivity contribution in [2.45, 2.75) is 118 Å². The molecule has 0 bridgehead atoms. The van der Waals surface area contributed by atoms with Crippen LogP contribution in [0.4, 0.5) is 0 Å². The van der Waals surface area contributed by atoms with Crippen LogP contribution in [0, 0.1) is 61.2 Å². The first-order valence-electron chi connectivity index (χ1n) is 27.3. The van der Waals surface area contributed by atoms with Gasteiger partial charge in [-0.15, -0.1) is 0 Å². The third-order valence-corrected chi connectivity index (χ3v) is 15.2. The zero-order chi connectivity index (χ0) is 52.7. The predicted octanol–water partition coefficient (Wildman–Crippen LogP) is 17.5. The number of carboxylic acid groups (broad SMARTS) is 2. The van der Waals surface area contributed by atoms with Gasteiger partial charge in [0, 0.05) is 22.3 Å². The Morgan fingerprint density at radius 3 is 1.09 bits per heavy atom. The van der Waals surface area contributed by atoms with Gasteiger partial charge in [-0.05, 0) is 175 Å². The van der Waals surface area contributed by atoms with Gasteiger partial charge in [-0.2, -0.15) is 0 Å². The minimum atomic E-state index is -1.13. The highest BCUT2D eigenvalue weighted by Crippen LogP contribution is 2.40. The van der Waals surface area contributed by atoms with Gasteiger partial charge in [-0.1, -0.05) is 199 Å². The van der Waals surface area contributed by atoms with E-state index in [4.69, 9.17) is 0 Å². The molecular weight excluding hydrogens is 929 g/mol. The van der Waals surface area contributed by atoms with E-state index in [1.54, 1.807) is 12.1 Å². The molecule has 0 aliphatic heterocycles. The van der Waals surface area contributed by atoms with Crippen molar-refractivity contribution < 1.29 is 19.8 Å². The monoisotopic (exact) mass is 990 g/mol. The maximum atomic E-state index is 12.8. The van der Waals surface area contributed by atoms with Crippen molar-refractivity contribution in [3.05, 3.63) is 188 Å². The average Bonchev–Trinajstić information content (AvgIpc) is 3.52. The summed E-state index contributed by atoms with van der Waals surface area (Å²) in [5.41, 5.74) is 7.34. The summed E-state index contributed by atoms with van der Waals surface area (Å²) in [6.07, 6.45) is 17.2. The van der Waals surface area contributed by atoms with E-state index in [0.717, 1.165) is 56.6 Å². The van der Waals surface area contributed by atoms with Gasteiger partial charge in [0.1, 0.15) is 0 Å². The van der Waals surface area contributed by atoms with E-state index in [9.17, 15) is 19.8 Å². The van der Waals surface area contributed by atoms with E-state index < -0.39 is 11.9 Å². The van der Waals surface area contributed by atoms with Crippen LogP contribution in [0.25, 0.3) is 64.6 Å². The molecule has 0 spiro atoms. The molecule has 0 radical (unpaired) electrons. The van der Waals surface area contributed by atoms with Gasteiger partial charge in [0.15, 0.2) is 0 Å². The quantitative estimate of drug-likeness (QED) is 0.0575. The number of carbonyl (C=O) groups is 2. The van der Waals surface area contributed by atoms with Gasteiger partial charge in [0.05, 0.1) is 22.3 Å². The molecule has 2 N–H and O–H groups in total. The van der Waals surface area contributed by atoms with Crippen molar-refractivity contribution in [1.82, 2.24) is 0 Å². The lowest BCUT2D eigenvalue weighted by Crippen LogP contribution is -2.04. The third kappa shape index (κ3) is 10.6. The lowest BCUT2D eigenvalue weighted by molar-refractivity contribution is 0.0685. The molecule has 10 rings (SSSR count). The first-order chi connectivity index (χ1) is 37.1. The van der Waals surface area contributed by atoms with Gasteiger partial charge in [-0.3, -0.25) is 0 Å². The van der Waals surface area contributed by atoms with Crippen molar-refractivity contribution in [1.29, 1.82) is 0 Å². The summed E-state index contributed by atoms with van der Waals surface area (Å²) in [7, 11) is 0. The zero-order valence-electron chi connectivity index (χ0n) is 44.2. The highest BCUT2D eigenvalue weighted by Gasteiger charge is 2.18. The minimum absolute atomic E-state index is 0.0160. The Balaban J connectivity index is 0.986. The second-order valence-corrected chi connectivity index (χ2v) is 20.6. The van der Waals surface area contributed by atoms with Gasteiger partial charge >= 0.3 is 11.9 Å². The third-order valence-electron chi connectivity index (χ3n) is 15.2. The van der Waals surface area contributed by atoms with Crippen molar-refractivity contribution >= 4 is 76.6 Å². The molecular formula is C72H62O4. The van der Waals surface area contributed by atoms with Gasteiger partial charge in [0.25, 0.3) is 0 Å². The summed E-state index contributed by atoms with van der Waals surface area (Å²) >= 11 is 0. The van der Waals surface area contributed by atoms with Crippen molar-refractivity contribution in [2.75, 3.05) is 0 Å². The van der Waals surface area contributed by atoms with E-state index in [-0.39, 0.29) is 22.3 Å².